The third kappa shape index (κ3) is 1.82. The van der Waals surface area contributed by atoms with Crippen LogP contribution in [-0.2, 0) is 12.8 Å². The highest BCUT2D eigenvalue weighted by molar-refractivity contribution is 7.07. The van der Waals surface area contributed by atoms with Crippen molar-refractivity contribution in [2.45, 2.75) is 25.7 Å². The van der Waals surface area contributed by atoms with Gasteiger partial charge in [-0.2, -0.15) is 0 Å². The molecule has 2 nitrogen and oxygen atoms in total. The van der Waals surface area contributed by atoms with Gasteiger partial charge in [0, 0.05) is 10.4 Å². The Kier molecular flexibility index (Phi) is 2.59. The Morgan fingerprint density at radius 2 is 1.82 bits per heavy atom. The first-order valence-electron chi connectivity index (χ1n) is 5.76. The van der Waals surface area contributed by atoms with Gasteiger partial charge in [0.25, 0.3) is 5.56 Å². The Bertz CT molecular complexity index is 597. The van der Waals surface area contributed by atoms with Gasteiger partial charge in [-0.05, 0) is 49.9 Å². The minimum absolute atomic E-state index is 0.0799. The number of aryl methyl sites for hydroxylation is 1. The van der Waals surface area contributed by atoms with E-state index < -0.39 is 0 Å². The maximum atomic E-state index is 12.8. The highest BCUT2D eigenvalue weighted by atomic mass is 32.1. The van der Waals surface area contributed by atoms with Gasteiger partial charge in [0.2, 0.25) is 0 Å². The van der Waals surface area contributed by atoms with E-state index in [1.54, 1.807) is 16.1 Å². The molecule has 0 bridgehead atoms. The summed E-state index contributed by atoms with van der Waals surface area (Å²) in [6.45, 7) is 0. The van der Waals surface area contributed by atoms with Crippen LogP contribution in [0.15, 0.2) is 29.1 Å². The van der Waals surface area contributed by atoms with Gasteiger partial charge >= 0.3 is 0 Å². The van der Waals surface area contributed by atoms with E-state index in [0.29, 0.717) is 0 Å². The quantitative estimate of drug-likeness (QED) is 0.761. The van der Waals surface area contributed by atoms with Crippen LogP contribution in [0.5, 0.6) is 0 Å². The molecule has 3 rings (SSSR count). The summed E-state index contributed by atoms with van der Waals surface area (Å²) in [6.07, 6.45) is 4.15. The predicted octanol–water partition coefficient (Wildman–Crippen LogP) is 2.92. The number of rotatable bonds is 1. The third-order valence-corrected chi connectivity index (χ3v) is 4.35. The number of fused-ring (bicyclic) bond motifs is 1. The molecule has 0 radical (unpaired) electrons. The van der Waals surface area contributed by atoms with Crippen molar-refractivity contribution in [1.29, 1.82) is 0 Å². The van der Waals surface area contributed by atoms with Crippen molar-refractivity contribution in [2.24, 2.45) is 0 Å². The van der Waals surface area contributed by atoms with Crippen LogP contribution in [0.1, 0.15) is 23.3 Å². The molecule has 0 unspecified atom stereocenters. The summed E-state index contributed by atoms with van der Waals surface area (Å²) < 4.78 is 14.5. The van der Waals surface area contributed by atoms with Crippen molar-refractivity contribution in [3.8, 4) is 5.69 Å². The molecule has 0 atom stereocenters. The van der Waals surface area contributed by atoms with E-state index in [4.69, 9.17) is 0 Å². The molecule has 2 aromatic rings. The topological polar surface area (TPSA) is 22.0 Å². The molecule has 0 N–H and O–H groups in total. The van der Waals surface area contributed by atoms with Gasteiger partial charge in [0.1, 0.15) is 5.82 Å². The van der Waals surface area contributed by atoms with Crippen molar-refractivity contribution < 1.29 is 4.39 Å². The first kappa shape index (κ1) is 10.7. The van der Waals surface area contributed by atoms with Gasteiger partial charge in [-0.15, -0.1) is 0 Å². The monoisotopic (exact) mass is 249 g/mol. The summed E-state index contributed by atoms with van der Waals surface area (Å²) in [5.74, 6) is -0.275. The third-order valence-electron chi connectivity index (χ3n) is 3.12. The second-order valence-corrected chi connectivity index (χ2v) is 5.32. The van der Waals surface area contributed by atoms with E-state index in [9.17, 15) is 9.18 Å². The van der Waals surface area contributed by atoms with E-state index >= 15 is 0 Å². The average Bonchev–Trinajstić information content (AvgIpc) is 2.69. The Morgan fingerprint density at radius 1 is 1.12 bits per heavy atom. The molecule has 1 heterocycles. The largest absolute Gasteiger partial charge is 0.268 e. The lowest BCUT2D eigenvalue weighted by Gasteiger charge is -2.06. The van der Waals surface area contributed by atoms with Crippen LogP contribution in [0.4, 0.5) is 4.39 Å². The van der Waals surface area contributed by atoms with Gasteiger partial charge in [-0.25, -0.2) is 8.35 Å². The van der Waals surface area contributed by atoms with E-state index in [0.717, 1.165) is 36.9 Å². The van der Waals surface area contributed by atoms with Crippen molar-refractivity contribution in [3.05, 3.63) is 50.9 Å². The molecule has 0 fully saturated rings. The molecule has 1 aliphatic carbocycles. The molecule has 0 saturated carbocycles. The van der Waals surface area contributed by atoms with Crippen LogP contribution in [0, 0.1) is 5.82 Å². The van der Waals surface area contributed by atoms with E-state index in [1.807, 2.05) is 0 Å². The maximum Gasteiger partial charge on any atom is 0.268 e. The minimum atomic E-state index is -0.275. The Morgan fingerprint density at radius 3 is 2.53 bits per heavy atom. The van der Waals surface area contributed by atoms with Crippen molar-refractivity contribution in [2.75, 3.05) is 0 Å². The predicted molar refractivity (Wildman–Crippen MR) is 66.5 cm³/mol. The van der Waals surface area contributed by atoms with Crippen LogP contribution in [0.25, 0.3) is 5.69 Å². The molecule has 0 amide bonds. The van der Waals surface area contributed by atoms with Gasteiger partial charge in [-0.3, -0.25) is 4.79 Å². The number of hydrogen-bond donors (Lipinski definition) is 0. The minimum Gasteiger partial charge on any atom is -0.268 e. The van der Waals surface area contributed by atoms with E-state index in [1.165, 1.54) is 28.5 Å². The summed E-state index contributed by atoms with van der Waals surface area (Å²) in [7, 11) is 0. The van der Waals surface area contributed by atoms with E-state index in [2.05, 4.69) is 0 Å². The molecular formula is C13H12FNOS. The highest BCUT2D eigenvalue weighted by Gasteiger charge is 2.18. The number of aromatic nitrogens is 1. The Labute approximate surface area is 102 Å². The molecular weight excluding hydrogens is 237 g/mol. The maximum absolute atomic E-state index is 12.8. The first-order chi connectivity index (χ1) is 8.25. The number of hydrogen-bond acceptors (Lipinski definition) is 2. The summed E-state index contributed by atoms with van der Waals surface area (Å²) in [6, 6.07) is 6.08. The van der Waals surface area contributed by atoms with Crippen molar-refractivity contribution in [1.82, 2.24) is 3.96 Å². The summed E-state index contributed by atoms with van der Waals surface area (Å²) in [5.41, 5.74) is 1.80. The highest BCUT2D eigenvalue weighted by Crippen LogP contribution is 2.24. The first-order valence-corrected chi connectivity index (χ1v) is 6.53. The second-order valence-electron chi connectivity index (χ2n) is 4.28. The zero-order valence-electron chi connectivity index (χ0n) is 9.28. The molecule has 1 aromatic heterocycles. The van der Waals surface area contributed by atoms with Crippen molar-refractivity contribution in [3.63, 3.8) is 0 Å². The number of nitrogens with zero attached hydrogens (tertiary/aromatic N) is 1. The van der Waals surface area contributed by atoms with Crippen LogP contribution < -0.4 is 5.56 Å². The SMILES string of the molecule is O=c1c2c(sn1-c1ccc(F)cc1)CCCC2. The van der Waals surface area contributed by atoms with E-state index in [-0.39, 0.29) is 11.4 Å². The van der Waals surface area contributed by atoms with Crippen LogP contribution in [0.2, 0.25) is 0 Å². The molecule has 88 valence electrons. The number of halogens is 1. The number of benzene rings is 1. The zero-order valence-corrected chi connectivity index (χ0v) is 10.1. The second kappa shape index (κ2) is 4.11. The molecule has 0 spiro atoms. The van der Waals surface area contributed by atoms with Crippen molar-refractivity contribution >= 4 is 11.5 Å². The van der Waals surface area contributed by atoms with Gasteiger partial charge in [0.05, 0.1) is 5.69 Å². The molecule has 1 aromatic carbocycles. The summed E-state index contributed by atoms with van der Waals surface area (Å²) >= 11 is 1.50. The van der Waals surface area contributed by atoms with Crippen LogP contribution in [-0.4, -0.2) is 3.96 Å². The van der Waals surface area contributed by atoms with Gasteiger partial charge < -0.3 is 0 Å². The Balaban J connectivity index is 2.12. The summed E-state index contributed by atoms with van der Waals surface area (Å²) in [4.78, 5) is 13.4. The normalized spacial score (nSPS) is 14.6. The molecule has 1 aliphatic rings. The fourth-order valence-corrected chi connectivity index (χ4v) is 3.40. The lowest BCUT2D eigenvalue weighted by Crippen LogP contribution is -2.16. The van der Waals surface area contributed by atoms with Crippen LogP contribution >= 0.6 is 11.5 Å². The fraction of sp³-hybridized carbons (Fsp3) is 0.308. The summed E-state index contributed by atoms with van der Waals surface area (Å²) in [5, 5.41) is 0. The molecule has 17 heavy (non-hydrogen) atoms. The zero-order chi connectivity index (χ0) is 11.8. The smallest absolute Gasteiger partial charge is 0.268 e. The lowest BCUT2D eigenvalue weighted by molar-refractivity contribution is 0.627. The average molecular weight is 249 g/mol. The standard InChI is InChI=1S/C13H12FNOS/c14-9-5-7-10(8-6-9)15-13(16)11-3-1-2-4-12(11)17-15/h5-8H,1-4H2. The molecule has 4 heteroatoms. The fourth-order valence-electron chi connectivity index (χ4n) is 2.23. The Hall–Kier alpha value is -1.42. The lowest BCUT2D eigenvalue weighted by atomic mass is 10.00. The molecule has 0 saturated heterocycles. The van der Waals surface area contributed by atoms with Gasteiger partial charge in [0.15, 0.2) is 0 Å². The van der Waals surface area contributed by atoms with Gasteiger partial charge in [-0.1, -0.05) is 11.5 Å². The van der Waals surface area contributed by atoms with Crippen LogP contribution in [0.3, 0.4) is 0 Å². The molecule has 0 aliphatic heterocycles.